The zero-order valence-electron chi connectivity index (χ0n) is 8.27. The first-order valence-corrected chi connectivity index (χ1v) is 5.79. The number of carbonyl (C=O) groups excluding carboxylic acids is 1. The van der Waals surface area contributed by atoms with Crippen LogP contribution in [0.1, 0.15) is 5.56 Å². The van der Waals surface area contributed by atoms with Crippen LogP contribution in [-0.4, -0.2) is 28.1 Å². The van der Waals surface area contributed by atoms with Crippen molar-refractivity contribution in [1.29, 1.82) is 0 Å². The summed E-state index contributed by atoms with van der Waals surface area (Å²) in [6, 6.07) is 3.82. The monoisotopic (exact) mass is 223 g/mol. The quantitative estimate of drug-likeness (QED) is 0.765. The van der Waals surface area contributed by atoms with Gasteiger partial charge in [0.2, 0.25) is 5.91 Å². The van der Waals surface area contributed by atoms with Gasteiger partial charge in [0, 0.05) is 31.1 Å². The molecule has 0 bridgehead atoms. The molecule has 5 heteroatoms. The Hall–Kier alpha value is -1.07. The van der Waals surface area contributed by atoms with Crippen LogP contribution in [0.5, 0.6) is 0 Å². The fourth-order valence-electron chi connectivity index (χ4n) is 1.68. The SMILES string of the molecule is NC(=O)[C@]1(Cc2cccnc2)NCCS1. The van der Waals surface area contributed by atoms with Crippen molar-refractivity contribution in [3.8, 4) is 0 Å². The van der Waals surface area contributed by atoms with Gasteiger partial charge in [-0.05, 0) is 11.6 Å². The van der Waals surface area contributed by atoms with Gasteiger partial charge in [-0.2, -0.15) is 0 Å². The lowest BCUT2D eigenvalue weighted by Crippen LogP contribution is -2.51. The molecule has 0 aliphatic carbocycles. The van der Waals surface area contributed by atoms with E-state index in [1.54, 1.807) is 24.2 Å². The van der Waals surface area contributed by atoms with Crippen LogP contribution in [0.15, 0.2) is 24.5 Å². The molecule has 1 aliphatic heterocycles. The molecule has 4 nitrogen and oxygen atoms in total. The van der Waals surface area contributed by atoms with Crippen LogP contribution in [0.3, 0.4) is 0 Å². The van der Waals surface area contributed by atoms with E-state index in [4.69, 9.17) is 5.73 Å². The molecule has 1 saturated heterocycles. The Bertz CT molecular complexity index is 349. The van der Waals surface area contributed by atoms with Crippen molar-refractivity contribution in [1.82, 2.24) is 10.3 Å². The molecule has 80 valence electrons. The zero-order valence-corrected chi connectivity index (χ0v) is 9.09. The van der Waals surface area contributed by atoms with Crippen LogP contribution in [0.4, 0.5) is 0 Å². The predicted octanol–water partition coefficient (Wildman–Crippen LogP) is 0.142. The van der Waals surface area contributed by atoms with E-state index >= 15 is 0 Å². The molecule has 15 heavy (non-hydrogen) atoms. The predicted molar refractivity (Wildman–Crippen MR) is 60.3 cm³/mol. The summed E-state index contributed by atoms with van der Waals surface area (Å²) in [7, 11) is 0. The van der Waals surface area contributed by atoms with Gasteiger partial charge in [0.1, 0.15) is 4.87 Å². The van der Waals surface area contributed by atoms with Crippen molar-refractivity contribution >= 4 is 17.7 Å². The highest BCUT2D eigenvalue weighted by molar-refractivity contribution is 8.01. The second kappa shape index (κ2) is 4.20. The number of nitrogens with two attached hydrogens (primary N) is 1. The number of hydrogen-bond donors (Lipinski definition) is 2. The lowest BCUT2D eigenvalue weighted by Gasteiger charge is -2.24. The molecule has 0 spiro atoms. The Morgan fingerprint density at radius 1 is 1.73 bits per heavy atom. The minimum atomic E-state index is -0.636. The first-order valence-electron chi connectivity index (χ1n) is 4.81. The Morgan fingerprint density at radius 2 is 2.60 bits per heavy atom. The maximum absolute atomic E-state index is 11.4. The number of nitrogens with one attached hydrogen (secondary N) is 1. The number of primary amides is 1. The van der Waals surface area contributed by atoms with Crippen LogP contribution in [0.25, 0.3) is 0 Å². The van der Waals surface area contributed by atoms with Crippen LogP contribution in [0.2, 0.25) is 0 Å². The molecule has 3 N–H and O–H groups in total. The summed E-state index contributed by atoms with van der Waals surface area (Å²) < 4.78 is 0. The van der Waals surface area contributed by atoms with Gasteiger partial charge < -0.3 is 5.73 Å². The van der Waals surface area contributed by atoms with Crippen molar-refractivity contribution in [2.75, 3.05) is 12.3 Å². The molecule has 0 radical (unpaired) electrons. The second-order valence-corrected chi connectivity index (χ2v) is 4.90. The molecular weight excluding hydrogens is 210 g/mol. The highest BCUT2D eigenvalue weighted by atomic mass is 32.2. The van der Waals surface area contributed by atoms with E-state index in [1.807, 2.05) is 12.1 Å². The van der Waals surface area contributed by atoms with Crippen LogP contribution in [0, 0.1) is 0 Å². The maximum Gasteiger partial charge on any atom is 0.248 e. The van der Waals surface area contributed by atoms with Gasteiger partial charge in [-0.1, -0.05) is 6.07 Å². The minimum Gasteiger partial charge on any atom is -0.367 e. The lowest BCUT2D eigenvalue weighted by molar-refractivity contribution is -0.120. The van der Waals surface area contributed by atoms with Crippen molar-refractivity contribution in [3.63, 3.8) is 0 Å². The molecule has 0 unspecified atom stereocenters. The van der Waals surface area contributed by atoms with Gasteiger partial charge in [-0.3, -0.25) is 15.1 Å². The van der Waals surface area contributed by atoms with E-state index in [-0.39, 0.29) is 5.91 Å². The Morgan fingerprint density at radius 3 is 3.13 bits per heavy atom. The number of rotatable bonds is 3. The molecule has 0 aromatic carbocycles. The van der Waals surface area contributed by atoms with E-state index in [9.17, 15) is 4.79 Å². The number of pyridine rings is 1. The van der Waals surface area contributed by atoms with Gasteiger partial charge in [-0.25, -0.2) is 0 Å². The summed E-state index contributed by atoms with van der Waals surface area (Å²) in [6.07, 6.45) is 4.09. The largest absolute Gasteiger partial charge is 0.367 e. The van der Waals surface area contributed by atoms with Crippen molar-refractivity contribution in [3.05, 3.63) is 30.1 Å². The van der Waals surface area contributed by atoms with E-state index in [0.717, 1.165) is 17.9 Å². The van der Waals surface area contributed by atoms with Crippen LogP contribution in [-0.2, 0) is 11.2 Å². The standard InChI is InChI=1S/C10H13N3OS/c11-9(14)10(13-4-5-15-10)6-8-2-1-3-12-7-8/h1-3,7,13H,4-6H2,(H2,11,14)/t10-/m1/s1. The highest BCUT2D eigenvalue weighted by Gasteiger charge is 2.40. The van der Waals surface area contributed by atoms with Crippen molar-refractivity contribution in [2.45, 2.75) is 11.3 Å². The molecular formula is C10H13N3OS. The summed E-state index contributed by atoms with van der Waals surface area (Å²) in [4.78, 5) is 14.8. The molecule has 1 aliphatic rings. The van der Waals surface area contributed by atoms with Gasteiger partial charge in [0.15, 0.2) is 0 Å². The lowest BCUT2D eigenvalue weighted by atomic mass is 10.1. The van der Waals surface area contributed by atoms with Crippen LogP contribution >= 0.6 is 11.8 Å². The number of aromatic nitrogens is 1. The Kier molecular flexibility index (Phi) is 2.93. The third-order valence-corrected chi connectivity index (χ3v) is 3.83. The zero-order chi connectivity index (χ0) is 10.7. The highest BCUT2D eigenvalue weighted by Crippen LogP contribution is 2.30. The third-order valence-electron chi connectivity index (χ3n) is 2.43. The van der Waals surface area contributed by atoms with E-state index < -0.39 is 4.87 Å². The Labute approximate surface area is 92.6 Å². The molecule has 2 rings (SSSR count). The summed E-state index contributed by atoms with van der Waals surface area (Å²) in [5.74, 6) is 0.622. The number of thioether (sulfide) groups is 1. The molecule has 1 amide bonds. The first-order chi connectivity index (χ1) is 7.23. The minimum absolute atomic E-state index is 0.297. The smallest absolute Gasteiger partial charge is 0.248 e. The fourth-order valence-corrected chi connectivity index (χ4v) is 2.85. The number of amides is 1. The molecule has 1 aromatic heterocycles. The van der Waals surface area contributed by atoms with Gasteiger partial charge >= 0.3 is 0 Å². The summed E-state index contributed by atoms with van der Waals surface area (Å²) in [6.45, 7) is 0.827. The molecule has 0 saturated carbocycles. The van der Waals surface area contributed by atoms with Crippen LogP contribution < -0.4 is 11.1 Å². The van der Waals surface area contributed by atoms with Gasteiger partial charge in [0.05, 0.1) is 0 Å². The number of nitrogens with zero attached hydrogens (tertiary/aromatic N) is 1. The average molecular weight is 223 g/mol. The molecule has 2 heterocycles. The summed E-state index contributed by atoms with van der Waals surface area (Å²) >= 11 is 1.58. The Balaban J connectivity index is 2.18. The van der Waals surface area contributed by atoms with Gasteiger partial charge in [-0.15, -0.1) is 11.8 Å². The molecule has 1 atom stereocenters. The average Bonchev–Trinajstić information content (AvgIpc) is 2.69. The first kappa shape index (κ1) is 10.4. The number of hydrogen-bond acceptors (Lipinski definition) is 4. The van der Waals surface area contributed by atoms with Crippen molar-refractivity contribution < 1.29 is 4.79 Å². The third kappa shape index (κ3) is 2.13. The molecule has 1 fully saturated rings. The topological polar surface area (TPSA) is 68.0 Å². The van der Waals surface area contributed by atoms with Gasteiger partial charge in [0.25, 0.3) is 0 Å². The van der Waals surface area contributed by atoms with E-state index in [0.29, 0.717) is 6.42 Å². The van der Waals surface area contributed by atoms with E-state index in [1.165, 1.54) is 0 Å². The fraction of sp³-hybridized carbons (Fsp3) is 0.400. The van der Waals surface area contributed by atoms with Crippen molar-refractivity contribution in [2.24, 2.45) is 5.73 Å². The summed E-state index contributed by atoms with van der Waals surface area (Å²) in [5.41, 5.74) is 6.46. The van der Waals surface area contributed by atoms with E-state index in [2.05, 4.69) is 10.3 Å². The second-order valence-electron chi connectivity index (χ2n) is 3.50. The maximum atomic E-state index is 11.4. The summed E-state index contributed by atoms with van der Waals surface area (Å²) in [5, 5.41) is 3.18. The normalized spacial score (nSPS) is 25.3. The molecule has 1 aromatic rings. The number of carbonyl (C=O) groups is 1.